The van der Waals surface area contributed by atoms with Gasteiger partial charge in [0.15, 0.2) is 11.6 Å². The molecule has 96 valence electrons. The Bertz CT molecular complexity index is 534. The van der Waals surface area contributed by atoms with E-state index in [9.17, 15) is 4.39 Å². The predicted octanol–water partition coefficient (Wildman–Crippen LogP) is 2.70. The molecule has 0 fully saturated rings. The molecule has 0 aliphatic carbocycles. The van der Waals surface area contributed by atoms with Crippen molar-refractivity contribution in [2.24, 2.45) is 5.73 Å². The summed E-state index contributed by atoms with van der Waals surface area (Å²) in [6, 6.07) is 7.09. The van der Waals surface area contributed by atoms with E-state index in [-0.39, 0.29) is 17.6 Å². The van der Waals surface area contributed by atoms with Crippen molar-refractivity contribution >= 4 is 0 Å². The lowest BCUT2D eigenvalue weighted by Crippen LogP contribution is -2.04. The molecule has 4 heteroatoms. The minimum absolute atomic E-state index is 0.0126. The van der Waals surface area contributed by atoms with Gasteiger partial charge in [-0.05, 0) is 24.6 Å². The molecule has 2 rings (SSSR count). The number of halogens is 1. The highest BCUT2D eigenvalue weighted by atomic mass is 19.1. The Morgan fingerprint density at radius 3 is 2.78 bits per heavy atom. The van der Waals surface area contributed by atoms with Crippen LogP contribution in [-0.2, 0) is 6.54 Å². The molecular formula is C14H17FN2O. The van der Waals surface area contributed by atoms with E-state index in [2.05, 4.69) is 0 Å². The van der Waals surface area contributed by atoms with Crippen LogP contribution >= 0.6 is 0 Å². The van der Waals surface area contributed by atoms with E-state index in [4.69, 9.17) is 10.5 Å². The number of methoxy groups -OCH3 is 1. The van der Waals surface area contributed by atoms with Gasteiger partial charge in [-0.25, -0.2) is 4.39 Å². The first-order valence-corrected chi connectivity index (χ1v) is 5.84. The fourth-order valence-corrected chi connectivity index (χ4v) is 1.86. The summed E-state index contributed by atoms with van der Waals surface area (Å²) in [5.74, 6) is -0.0388. The molecule has 0 aliphatic rings. The van der Waals surface area contributed by atoms with E-state index in [1.165, 1.54) is 7.11 Å². The Kier molecular flexibility index (Phi) is 3.67. The van der Waals surface area contributed by atoms with E-state index < -0.39 is 0 Å². The van der Waals surface area contributed by atoms with E-state index in [0.29, 0.717) is 12.1 Å². The van der Waals surface area contributed by atoms with Gasteiger partial charge < -0.3 is 15.0 Å². The molecule has 1 atom stereocenters. The zero-order valence-corrected chi connectivity index (χ0v) is 10.6. The molecule has 18 heavy (non-hydrogen) atoms. The lowest BCUT2D eigenvalue weighted by molar-refractivity contribution is 0.383. The van der Waals surface area contributed by atoms with Crippen LogP contribution in [0.1, 0.15) is 24.1 Å². The first kappa shape index (κ1) is 12.6. The normalized spacial score (nSPS) is 12.4. The fourth-order valence-electron chi connectivity index (χ4n) is 1.86. The molecule has 0 bridgehead atoms. The van der Waals surface area contributed by atoms with Crippen molar-refractivity contribution in [3.63, 3.8) is 0 Å². The maximum absolute atomic E-state index is 14.0. The summed E-state index contributed by atoms with van der Waals surface area (Å²) < 4.78 is 20.8. The number of benzene rings is 1. The molecule has 0 saturated heterocycles. The van der Waals surface area contributed by atoms with Gasteiger partial charge in [-0.15, -0.1) is 0 Å². The minimum atomic E-state index is -0.309. The molecule has 0 spiro atoms. The summed E-state index contributed by atoms with van der Waals surface area (Å²) in [7, 11) is 1.46. The average Bonchev–Trinajstić information content (AvgIpc) is 2.80. The monoisotopic (exact) mass is 248 g/mol. The van der Waals surface area contributed by atoms with Gasteiger partial charge in [-0.1, -0.05) is 12.1 Å². The van der Waals surface area contributed by atoms with E-state index in [1.54, 1.807) is 18.2 Å². The van der Waals surface area contributed by atoms with Gasteiger partial charge in [0.2, 0.25) is 0 Å². The summed E-state index contributed by atoms with van der Waals surface area (Å²) in [5.41, 5.74) is 7.43. The number of nitrogens with two attached hydrogens (primary N) is 1. The third-order valence-corrected chi connectivity index (χ3v) is 2.92. The lowest BCUT2D eigenvalue weighted by atomic mass is 10.2. The number of nitrogens with zero attached hydrogens (tertiary/aromatic N) is 1. The van der Waals surface area contributed by atoms with Crippen LogP contribution in [0.25, 0.3) is 0 Å². The van der Waals surface area contributed by atoms with Gasteiger partial charge >= 0.3 is 0 Å². The van der Waals surface area contributed by atoms with Gasteiger partial charge in [-0.2, -0.15) is 0 Å². The van der Waals surface area contributed by atoms with Gasteiger partial charge in [0, 0.05) is 24.0 Å². The number of rotatable bonds is 4. The number of hydrogen-bond donors (Lipinski definition) is 1. The second-order valence-corrected chi connectivity index (χ2v) is 4.34. The van der Waals surface area contributed by atoms with Crippen molar-refractivity contribution in [3.8, 4) is 5.75 Å². The maximum atomic E-state index is 14.0. The summed E-state index contributed by atoms with van der Waals surface area (Å²) in [6.07, 6.45) is 3.83. The molecule has 0 amide bonds. The minimum Gasteiger partial charge on any atom is -0.494 e. The van der Waals surface area contributed by atoms with Crippen LogP contribution in [0, 0.1) is 5.82 Å². The van der Waals surface area contributed by atoms with Gasteiger partial charge in [0.05, 0.1) is 13.7 Å². The third-order valence-electron chi connectivity index (χ3n) is 2.92. The Balaban J connectivity index is 2.23. The van der Waals surface area contributed by atoms with E-state index in [1.807, 2.05) is 30.0 Å². The molecule has 1 heterocycles. The largest absolute Gasteiger partial charge is 0.494 e. The van der Waals surface area contributed by atoms with Crippen molar-refractivity contribution in [2.75, 3.05) is 7.11 Å². The van der Waals surface area contributed by atoms with Crippen LogP contribution in [0.3, 0.4) is 0 Å². The SMILES string of the molecule is COc1cccc(Cn2ccc(C(C)N)c2)c1F. The molecule has 2 N–H and O–H groups in total. The van der Waals surface area contributed by atoms with Gasteiger partial charge in [0.25, 0.3) is 0 Å². The van der Waals surface area contributed by atoms with Crippen molar-refractivity contribution < 1.29 is 9.13 Å². The number of ether oxygens (including phenoxy) is 1. The summed E-state index contributed by atoms with van der Waals surface area (Å²) in [6.45, 7) is 2.39. The lowest BCUT2D eigenvalue weighted by Gasteiger charge is -2.08. The molecule has 1 aromatic carbocycles. The van der Waals surface area contributed by atoms with Crippen molar-refractivity contribution in [2.45, 2.75) is 19.5 Å². The van der Waals surface area contributed by atoms with Crippen LogP contribution in [0.4, 0.5) is 4.39 Å². The van der Waals surface area contributed by atoms with Crippen molar-refractivity contribution in [1.29, 1.82) is 0 Å². The molecule has 0 radical (unpaired) electrons. The second-order valence-electron chi connectivity index (χ2n) is 4.34. The molecule has 2 aromatic rings. The highest BCUT2D eigenvalue weighted by Crippen LogP contribution is 2.21. The molecule has 0 saturated carbocycles. The van der Waals surface area contributed by atoms with Gasteiger partial charge in [-0.3, -0.25) is 0 Å². The first-order chi connectivity index (χ1) is 8.61. The summed E-state index contributed by atoms with van der Waals surface area (Å²) >= 11 is 0. The Morgan fingerprint density at radius 2 is 2.17 bits per heavy atom. The number of aromatic nitrogens is 1. The van der Waals surface area contributed by atoms with E-state index >= 15 is 0 Å². The maximum Gasteiger partial charge on any atom is 0.170 e. The van der Waals surface area contributed by atoms with Crippen LogP contribution in [0.2, 0.25) is 0 Å². The summed E-state index contributed by atoms with van der Waals surface area (Å²) in [4.78, 5) is 0. The average molecular weight is 248 g/mol. The Hall–Kier alpha value is -1.81. The molecular weight excluding hydrogens is 231 g/mol. The summed E-state index contributed by atoms with van der Waals surface area (Å²) in [5, 5.41) is 0. The van der Waals surface area contributed by atoms with Crippen LogP contribution in [0.5, 0.6) is 5.75 Å². The smallest absolute Gasteiger partial charge is 0.170 e. The molecule has 1 aromatic heterocycles. The Morgan fingerprint density at radius 1 is 1.39 bits per heavy atom. The number of hydrogen-bond acceptors (Lipinski definition) is 2. The highest BCUT2D eigenvalue weighted by Gasteiger charge is 2.09. The van der Waals surface area contributed by atoms with E-state index in [0.717, 1.165) is 5.56 Å². The predicted molar refractivity (Wildman–Crippen MR) is 69.1 cm³/mol. The van der Waals surface area contributed by atoms with Crippen LogP contribution in [0.15, 0.2) is 36.7 Å². The fraction of sp³-hybridized carbons (Fsp3) is 0.286. The quantitative estimate of drug-likeness (QED) is 0.903. The third kappa shape index (κ3) is 2.54. The van der Waals surface area contributed by atoms with Gasteiger partial charge in [0.1, 0.15) is 0 Å². The van der Waals surface area contributed by atoms with Crippen LogP contribution in [-0.4, -0.2) is 11.7 Å². The molecule has 0 aliphatic heterocycles. The first-order valence-electron chi connectivity index (χ1n) is 5.84. The Labute approximate surface area is 106 Å². The highest BCUT2D eigenvalue weighted by molar-refractivity contribution is 5.31. The second kappa shape index (κ2) is 5.23. The molecule has 3 nitrogen and oxygen atoms in total. The standard InChI is InChI=1S/C14H17FN2O/c1-10(16)11-6-7-17(8-11)9-12-4-3-5-13(18-2)14(12)15/h3-8,10H,9,16H2,1-2H3. The van der Waals surface area contributed by atoms with Crippen LogP contribution < -0.4 is 10.5 Å². The topological polar surface area (TPSA) is 40.2 Å². The van der Waals surface area contributed by atoms with Crippen molar-refractivity contribution in [3.05, 3.63) is 53.6 Å². The van der Waals surface area contributed by atoms with Crippen molar-refractivity contribution in [1.82, 2.24) is 4.57 Å². The zero-order valence-electron chi connectivity index (χ0n) is 10.6. The molecule has 1 unspecified atom stereocenters. The zero-order chi connectivity index (χ0) is 13.1.